The van der Waals surface area contributed by atoms with Gasteiger partial charge in [0.15, 0.2) is 9.84 Å². The van der Waals surface area contributed by atoms with Gasteiger partial charge in [-0.25, -0.2) is 12.8 Å². The van der Waals surface area contributed by atoms with E-state index in [0.717, 1.165) is 12.5 Å². The molecule has 2 heterocycles. The number of anilines is 2. The number of carbonyl (C=O) groups is 1. The molecule has 0 aliphatic carbocycles. The van der Waals surface area contributed by atoms with E-state index in [1.165, 1.54) is 30.6 Å². The maximum Gasteiger partial charge on any atom is 0.252 e. The number of aromatic nitrogens is 2. The van der Waals surface area contributed by atoms with Crippen molar-refractivity contribution in [1.29, 1.82) is 0 Å². The van der Waals surface area contributed by atoms with Gasteiger partial charge >= 0.3 is 0 Å². The number of rotatable bonds is 4. The summed E-state index contributed by atoms with van der Waals surface area (Å²) in [7, 11) is -3.49. The lowest BCUT2D eigenvalue weighted by Crippen LogP contribution is -2.14. The molecule has 0 radical (unpaired) electrons. The Morgan fingerprint density at radius 3 is 2.54 bits per heavy atom. The average Bonchev–Trinajstić information content (AvgIpc) is 2.54. The van der Waals surface area contributed by atoms with Crippen molar-refractivity contribution in [2.75, 3.05) is 11.6 Å². The molecule has 0 spiro atoms. The van der Waals surface area contributed by atoms with Crippen LogP contribution in [0.15, 0.2) is 41.7 Å². The van der Waals surface area contributed by atoms with Gasteiger partial charge in [0.1, 0.15) is 5.82 Å². The summed E-state index contributed by atoms with van der Waals surface area (Å²) >= 11 is 0. The summed E-state index contributed by atoms with van der Waals surface area (Å²) in [5.41, 5.74) is 7.10. The normalized spacial score (nSPS) is 11.5. The standard InChI is InChI=1S/C17H15FN4O3S/c1-9-3-12(26(2,24)25)5-13-15(9)21-8-14(17(19)23)16(13)22-11-4-10(18)6-20-7-11/h3-8H,1-2H3,(H2,19,23)(H,21,22). The Morgan fingerprint density at radius 2 is 1.92 bits per heavy atom. The minimum Gasteiger partial charge on any atom is -0.365 e. The van der Waals surface area contributed by atoms with E-state index in [4.69, 9.17) is 5.73 Å². The number of pyridine rings is 2. The number of primary amides is 1. The number of halogens is 1. The Hall–Kier alpha value is -3.07. The molecule has 3 rings (SSSR count). The Labute approximate surface area is 149 Å². The maximum atomic E-state index is 13.4. The van der Waals surface area contributed by atoms with Crippen molar-refractivity contribution in [2.24, 2.45) is 5.73 Å². The highest BCUT2D eigenvalue weighted by atomic mass is 32.2. The van der Waals surface area contributed by atoms with Crippen LogP contribution in [0.3, 0.4) is 0 Å². The highest BCUT2D eigenvalue weighted by molar-refractivity contribution is 7.90. The van der Waals surface area contributed by atoms with Crippen LogP contribution in [-0.2, 0) is 9.84 Å². The topological polar surface area (TPSA) is 115 Å². The van der Waals surface area contributed by atoms with E-state index in [2.05, 4.69) is 15.3 Å². The minimum absolute atomic E-state index is 0.0480. The lowest BCUT2D eigenvalue weighted by Gasteiger charge is -2.15. The molecule has 0 saturated heterocycles. The molecule has 3 aromatic rings. The highest BCUT2D eigenvalue weighted by Crippen LogP contribution is 2.32. The minimum atomic E-state index is -3.49. The number of benzene rings is 1. The second kappa shape index (κ2) is 6.34. The van der Waals surface area contributed by atoms with Gasteiger partial charge in [-0.15, -0.1) is 0 Å². The van der Waals surface area contributed by atoms with Crippen LogP contribution in [0.4, 0.5) is 15.8 Å². The zero-order valence-corrected chi connectivity index (χ0v) is 14.8. The molecule has 0 saturated carbocycles. The van der Waals surface area contributed by atoms with Crippen molar-refractivity contribution >= 4 is 38.0 Å². The van der Waals surface area contributed by atoms with E-state index >= 15 is 0 Å². The molecule has 0 fully saturated rings. The fourth-order valence-electron chi connectivity index (χ4n) is 2.61. The largest absolute Gasteiger partial charge is 0.365 e. The Bertz CT molecular complexity index is 1150. The SMILES string of the molecule is Cc1cc(S(C)(=O)=O)cc2c(Nc3cncc(F)c3)c(C(N)=O)cnc12. The maximum absolute atomic E-state index is 13.4. The fourth-order valence-corrected chi connectivity index (χ4v) is 3.33. The first kappa shape index (κ1) is 17.7. The van der Waals surface area contributed by atoms with E-state index in [1.807, 2.05) is 0 Å². The summed E-state index contributed by atoms with van der Waals surface area (Å²) in [5.74, 6) is -1.32. The Kier molecular flexibility index (Phi) is 4.33. The molecule has 0 unspecified atom stereocenters. The van der Waals surface area contributed by atoms with Crippen LogP contribution >= 0.6 is 0 Å². The van der Waals surface area contributed by atoms with E-state index in [-0.39, 0.29) is 21.8 Å². The molecule has 26 heavy (non-hydrogen) atoms. The number of fused-ring (bicyclic) bond motifs is 1. The summed E-state index contributed by atoms with van der Waals surface area (Å²) < 4.78 is 37.4. The second-order valence-electron chi connectivity index (χ2n) is 5.84. The lowest BCUT2D eigenvalue weighted by molar-refractivity contribution is 0.100. The van der Waals surface area contributed by atoms with Gasteiger partial charge in [-0.1, -0.05) is 0 Å². The van der Waals surface area contributed by atoms with Gasteiger partial charge < -0.3 is 11.1 Å². The number of hydrogen-bond acceptors (Lipinski definition) is 6. The first-order chi connectivity index (χ1) is 12.2. The molecule has 0 aliphatic heterocycles. The number of amides is 1. The van der Waals surface area contributed by atoms with E-state index in [0.29, 0.717) is 16.5 Å². The Morgan fingerprint density at radius 1 is 1.19 bits per heavy atom. The number of sulfone groups is 1. The zero-order valence-electron chi connectivity index (χ0n) is 13.9. The predicted octanol–water partition coefficient (Wildman–Crippen LogP) is 2.32. The molecular formula is C17H15FN4O3S. The zero-order chi connectivity index (χ0) is 19.1. The molecule has 0 atom stereocenters. The van der Waals surface area contributed by atoms with E-state index in [1.54, 1.807) is 6.92 Å². The van der Waals surface area contributed by atoms with Gasteiger partial charge in [0.2, 0.25) is 0 Å². The smallest absolute Gasteiger partial charge is 0.252 e. The first-order valence-corrected chi connectivity index (χ1v) is 9.37. The molecule has 1 amide bonds. The third-order valence-corrected chi connectivity index (χ3v) is 4.90. The number of nitrogens with one attached hydrogen (secondary N) is 1. The number of nitrogens with zero attached hydrogens (tertiary/aromatic N) is 2. The summed E-state index contributed by atoms with van der Waals surface area (Å²) in [6.45, 7) is 1.71. The first-order valence-electron chi connectivity index (χ1n) is 7.47. The van der Waals surface area contributed by atoms with Crippen LogP contribution in [0.1, 0.15) is 15.9 Å². The molecule has 0 bridgehead atoms. The van der Waals surface area contributed by atoms with Crippen molar-refractivity contribution in [3.63, 3.8) is 0 Å². The van der Waals surface area contributed by atoms with E-state index in [9.17, 15) is 17.6 Å². The summed E-state index contributed by atoms with van der Waals surface area (Å²) in [6, 6.07) is 4.10. The molecule has 1 aromatic carbocycles. The van der Waals surface area contributed by atoms with Crippen LogP contribution < -0.4 is 11.1 Å². The van der Waals surface area contributed by atoms with Crippen molar-refractivity contribution in [2.45, 2.75) is 11.8 Å². The Balaban J connectivity index is 2.34. The van der Waals surface area contributed by atoms with Crippen LogP contribution in [0.2, 0.25) is 0 Å². The number of aryl methyl sites for hydroxylation is 1. The summed E-state index contributed by atoms with van der Waals surface area (Å²) in [5, 5.41) is 3.29. The van der Waals surface area contributed by atoms with Gasteiger partial charge in [-0.3, -0.25) is 14.8 Å². The molecule has 3 N–H and O–H groups in total. The molecule has 0 aliphatic rings. The van der Waals surface area contributed by atoms with Gasteiger partial charge in [0.05, 0.1) is 39.7 Å². The van der Waals surface area contributed by atoms with Crippen LogP contribution in [-0.4, -0.2) is 30.5 Å². The van der Waals surface area contributed by atoms with E-state index < -0.39 is 21.6 Å². The van der Waals surface area contributed by atoms with Crippen molar-refractivity contribution in [3.8, 4) is 0 Å². The van der Waals surface area contributed by atoms with Crippen LogP contribution in [0.5, 0.6) is 0 Å². The predicted molar refractivity (Wildman–Crippen MR) is 95.6 cm³/mol. The highest BCUT2D eigenvalue weighted by Gasteiger charge is 2.18. The van der Waals surface area contributed by atoms with Crippen molar-refractivity contribution in [3.05, 3.63) is 53.7 Å². The quantitative estimate of drug-likeness (QED) is 0.724. The molecule has 9 heteroatoms. The molecule has 2 aromatic heterocycles. The fraction of sp³-hybridized carbons (Fsp3) is 0.118. The van der Waals surface area contributed by atoms with Crippen molar-refractivity contribution < 1.29 is 17.6 Å². The molecule has 7 nitrogen and oxygen atoms in total. The monoisotopic (exact) mass is 374 g/mol. The van der Waals surface area contributed by atoms with Crippen molar-refractivity contribution in [1.82, 2.24) is 9.97 Å². The van der Waals surface area contributed by atoms with Gasteiger partial charge in [0, 0.05) is 23.9 Å². The van der Waals surface area contributed by atoms with Gasteiger partial charge in [-0.2, -0.15) is 0 Å². The van der Waals surface area contributed by atoms with Gasteiger partial charge in [0.25, 0.3) is 5.91 Å². The summed E-state index contributed by atoms with van der Waals surface area (Å²) in [4.78, 5) is 19.9. The number of carbonyl (C=O) groups excluding carboxylic acids is 1. The molecular weight excluding hydrogens is 359 g/mol. The third kappa shape index (κ3) is 3.33. The van der Waals surface area contributed by atoms with Crippen LogP contribution in [0.25, 0.3) is 10.9 Å². The van der Waals surface area contributed by atoms with Crippen LogP contribution in [0, 0.1) is 12.7 Å². The lowest BCUT2D eigenvalue weighted by atomic mass is 10.1. The molecule has 134 valence electrons. The average molecular weight is 374 g/mol. The summed E-state index contributed by atoms with van der Waals surface area (Å²) in [6.07, 6.45) is 4.79. The second-order valence-corrected chi connectivity index (χ2v) is 7.85. The third-order valence-electron chi connectivity index (χ3n) is 3.80. The number of hydrogen-bond donors (Lipinski definition) is 2. The number of nitrogens with two attached hydrogens (primary N) is 1. The van der Waals surface area contributed by atoms with Gasteiger partial charge in [-0.05, 0) is 24.6 Å².